The second-order valence-electron chi connectivity index (χ2n) is 9.40. The fourth-order valence-corrected chi connectivity index (χ4v) is 4.36. The van der Waals surface area contributed by atoms with Gasteiger partial charge in [0.05, 0.1) is 12.1 Å². The first-order valence-corrected chi connectivity index (χ1v) is 12.7. The molecule has 4 N–H and O–H groups in total. The fourth-order valence-electron chi connectivity index (χ4n) is 4.36. The van der Waals surface area contributed by atoms with Crippen LogP contribution in [-0.2, 0) is 11.0 Å². The molecule has 0 atom stereocenters. The largest absolute Gasteiger partial charge is 0.416 e. The number of anilines is 3. The third kappa shape index (κ3) is 8.07. The van der Waals surface area contributed by atoms with E-state index in [0.717, 1.165) is 37.8 Å². The van der Waals surface area contributed by atoms with E-state index in [2.05, 4.69) is 21.3 Å². The monoisotopic (exact) mass is 538 g/mol. The van der Waals surface area contributed by atoms with E-state index in [1.165, 1.54) is 30.7 Å². The second kappa shape index (κ2) is 12.5. The number of amides is 3. The molecular weight excluding hydrogens is 509 g/mol. The highest BCUT2D eigenvalue weighted by atomic mass is 19.4. The standard InChI is InChI=1S/C29H29F3N4O3/c30-29(31,32)21-7-5-11-25(17-21)36-28(39)20-6-4-10-24(16-20)33-18-26(37)34-23-14-12-19(13-15-23)27(38)35-22-8-2-1-3-9-22/h4-7,10-17,22,33H,1-3,8-9,18H2,(H,34,37)(H,35,38)(H,36,39). The zero-order valence-electron chi connectivity index (χ0n) is 21.1. The zero-order chi connectivity index (χ0) is 27.8. The van der Waals surface area contributed by atoms with Crippen molar-refractivity contribution in [3.63, 3.8) is 0 Å². The van der Waals surface area contributed by atoms with E-state index in [1.54, 1.807) is 36.4 Å². The van der Waals surface area contributed by atoms with E-state index in [4.69, 9.17) is 0 Å². The fraction of sp³-hybridized carbons (Fsp3) is 0.276. The highest BCUT2D eigenvalue weighted by Crippen LogP contribution is 2.30. The Balaban J connectivity index is 1.27. The normalized spacial score (nSPS) is 13.8. The van der Waals surface area contributed by atoms with Gasteiger partial charge in [0.1, 0.15) is 0 Å². The Morgan fingerprint density at radius 3 is 2.13 bits per heavy atom. The van der Waals surface area contributed by atoms with E-state index in [-0.39, 0.29) is 35.7 Å². The first-order valence-electron chi connectivity index (χ1n) is 12.7. The Kier molecular flexibility index (Phi) is 8.85. The second-order valence-corrected chi connectivity index (χ2v) is 9.40. The van der Waals surface area contributed by atoms with Crippen LogP contribution < -0.4 is 21.3 Å². The van der Waals surface area contributed by atoms with Gasteiger partial charge in [0.15, 0.2) is 0 Å². The first-order chi connectivity index (χ1) is 18.7. The van der Waals surface area contributed by atoms with Crippen molar-refractivity contribution >= 4 is 34.8 Å². The van der Waals surface area contributed by atoms with Gasteiger partial charge in [-0.1, -0.05) is 31.4 Å². The number of halogens is 3. The van der Waals surface area contributed by atoms with Gasteiger partial charge in [0, 0.05) is 34.2 Å². The minimum atomic E-state index is -4.52. The van der Waals surface area contributed by atoms with Crippen molar-refractivity contribution in [1.82, 2.24) is 5.32 Å². The van der Waals surface area contributed by atoms with Gasteiger partial charge < -0.3 is 21.3 Å². The van der Waals surface area contributed by atoms with Crippen LogP contribution in [-0.4, -0.2) is 30.3 Å². The van der Waals surface area contributed by atoms with Gasteiger partial charge in [-0.05, 0) is 73.5 Å². The molecule has 1 aliphatic carbocycles. The molecule has 0 aromatic heterocycles. The van der Waals surface area contributed by atoms with Gasteiger partial charge in [-0.2, -0.15) is 13.2 Å². The number of benzene rings is 3. The molecule has 0 bridgehead atoms. The third-order valence-corrected chi connectivity index (χ3v) is 6.40. The topological polar surface area (TPSA) is 99.3 Å². The molecule has 3 aromatic rings. The molecule has 0 aliphatic heterocycles. The maximum absolute atomic E-state index is 12.9. The number of carbonyl (C=O) groups is 3. The van der Waals surface area contributed by atoms with Crippen LogP contribution in [0, 0.1) is 0 Å². The molecule has 3 aromatic carbocycles. The van der Waals surface area contributed by atoms with Gasteiger partial charge >= 0.3 is 6.18 Å². The van der Waals surface area contributed by atoms with Crippen molar-refractivity contribution in [2.75, 3.05) is 22.5 Å². The van der Waals surface area contributed by atoms with Gasteiger partial charge in [0.25, 0.3) is 11.8 Å². The highest BCUT2D eigenvalue weighted by molar-refractivity contribution is 6.05. The lowest BCUT2D eigenvalue weighted by Gasteiger charge is -2.22. The summed E-state index contributed by atoms with van der Waals surface area (Å²) in [5.41, 5.74) is 0.905. The third-order valence-electron chi connectivity index (χ3n) is 6.40. The van der Waals surface area contributed by atoms with E-state index >= 15 is 0 Å². The van der Waals surface area contributed by atoms with Gasteiger partial charge in [-0.25, -0.2) is 0 Å². The lowest BCUT2D eigenvalue weighted by molar-refractivity contribution is -0.137. The Bertz CT molecular complexity index is 1320. The molecule has 0 spiro atoms. The minimum absolute atomic E-state index is 0.0186. The Hall–Kier alpha value is -4.34. The van der Waals surface area contributed by atoms with Gasteiger partial charge in [-0.3, -0.25) is 14.4 Å². The van der Waals surface area contributed by atoms with E-state index in [0.29, 0.717) is 16.9 Å². The summed E-state index contributed by atoms with van der Waals surface area (Å²) in [4.78, 5) is 37.4. The molecule has 10 heteroatoms. The number of alkyl halides is 3. The summed E-state index contributed by atoms with van der Waals surface area (Å²) in [5.74, 6) is -1.05. The predicted molar refractivity (Wildman–Crippen MR) is 144 cm³/mol. The molecule has 204 valence electrons. The van der Waals surface area contributed by atoms with Crippen LogP contribution in [0.5, 0.6) is 0 Å². The minimum Gasteiger partial charge on any atom is -0.376 e. The van der Waals surface area contributed by atoms with Crippen LogP contribution >= 0.6 is 0 Å². The molecule has 0 saturated heterocycles. The average molecular weight is 539 g/mol. The molecule has 1 fully saturated rings. The number of rotatable bonds is 8. The lowest BCUT2D eigenvalue weighted by Crippen LogP contribution is -2.36. The van der Waals surface area contributed by atoms with Crippen LogP contribution in [0.4, 0.5) is 30.2 Å². The molecule has 7 nitrogen and oxygen atoms in total. The maximum Gasteiger partial charge on any atom is 0.416 e. The zero-order valence-corrected chi connectivity index (χ0v) is 21.1. The summed E-state index contributed by atoms with van der Waals surface area (Å²) in [5, 5.41) is 11.2. The van der Waals surface area contributed by atoms with Crippen molar-refractivity contribution in [1.29, 1.82) is 0 Å². The van der Waals surface area contributed by atoms with Crippen LogP contribution in [0.1, 0.15) is 58.4 Å². The van der Waals surface area contributed by atoms with E-state index in [1.807, 2.05) is 0 Å². The molecule has 0 radical (unpaired) electrons. The van der Waals surface area contributed by atoms with Crippen LogP contribution in [0.15, 0.2) is 72.8 Å². The van der Waals surface area contributed by atoms with Crippen molar-refractivity contribution in [2.45, 2.75) is 44.3 Å². The summed E-state index contributed by atoms with van der Waals surface area (Å²) < 4.78 is 38.8. The number of hydrogen-bond donors (Lipinski definition) is 4. The Morgan fingerprint density at radius 2 is 1.41 bits per heavy atom. The Labute approximate surface area is 224 Å². The first kappa shape index (κ1) is 27.7. The van der Waals surface area contributed by atoms with Crippen molar-refractivity contribution < 1.29 is 27.6 Å². The number of nitrogens with one attached hydrogen (secondary N) is 4. The SMILES string of the molecule is O=C(CNc1cccc(C(=O)Nc2cccc(C(F)(F)F)c2)c1)Nc1ccc(C(=O)NC2CCCCC2)cc1. The molecule has 1 saturated carbocycles. The van der Waals surface area contributed by atoms with Crippen LogP contribution in [0.3, 0.4) is 0 Å². The quantitative estimate of drug-likeness (QED) is 0.280. The summed E-state index contributed by atoms with van der Waals surface area (Å²) in [6, 6.07) is 17.5. The molecule has 0 unspecified atom stereocenters. The van der Waals surface area contributed by atoms with E-state index < -0.39 is 17.6 Å². The number of hydrogen-bond acceptors (Lipinski definition) is 4. The summed E-state index contributed by atoms with van der Waals surface area (Å²) in [6.45, 7) is -0.0946. The molecule has 1 aliphatic rings. The number of carbonyl (C=O) groups excluding carboxylic acids is 3. The summed E-state index contributed by atoms with van der Waals surface area (Å²) in [6.07, 6.45) is 0.936. The Morgan fingerprint density at radius 1 is 0.718 bits per heavy atom. The van der Waals surface area contributed by atoms with Crippen molar-refractivity contribution in [2.24, 2.45) is 0 Å². The van der Waals surface area contributed by atoms with E-state index in [9.17, 15) is 27.6 Å². The highest BCUT2D eigenvalue weighted by Gasteiger charge is 2.30. The predicted octanol–water partition coefficient (Wildman–Crippen LogP) is 6.07. The molecule has 39 heavy (non-hydrogen) atoms. The smallest absolute Gasteiger partial charge is 0.376 e. The summed E-state index contributed by atoms with van der Waals surface area (Å²) in [7, 11) is 0. The van der Waals surface area contributed by atoms with Crippen LogP contribution in [0.2, 0.25) is 0 Å². The summed E-state index contributed by atoms with van der Waals surface area (Å²) >= 11 is 0. The molecular formula is C29H29F3N4O3. The average Bonchev–Trinajstić information content (AvgIpc) is 2.93. The van der Waals surface area contributed by atoms with Gasteiger partial charge in [-0.15, -0.1) is 0 Å². The maximum atomic E-state index is 12.9. The van der Waals surface area contributed by atoms with Crippen molar-refractivity contribution in [3.05, 3.63) is 89.5 Å². The molecule has 0 heterocycles. The molecule has 3 amide bonds. The van der Waals surface area contributed by atoms with Gasteiger partial charge in [0.2, 0.25) is 5.91 Å². The molecule has 4 rings (SSSR count). The lowest BCUT2D eigenvalue weighted by atomic mass is 9.95. The van der Waals surface area contributed by atoms with Crippen molar-refractivity contribution in [3.8, 4) is 0 Å². The van der Waals surface area contributed by atoms with Crippen LogP contribution in [0.25, 0.3) is 0 Å².